The summed E-state index contributed by atoms with van der Waals surface area (Å²) in [4.78, 5) is 28.0. The van der Waals surface area contributed by atoms with Crippen LogP contribution in [0.4, 0.5) is 5.69 Å². The monoisotopic (exact) mass is 531 g/mol. The van der Waals surface area contributed by atoms with E-state index in [0.717, 1.165) is 24.0 Å². The van der Waals surface area contributed by atoms with E-state index in [1.54, 1.807) is 24.1 Å². The standard InChI is InChI=1S/C28H41N3O5S/c1-6-19-29-28(33)26(8-3)30(21-23-13-17-25(36-4)18-14-23)27(32)10-9-20-31(37(5,34)35)24-15-11-22(7-2)12-16-24/h11-18,26H,6-10,19-21H2,1-5H3,(H,29,33). The van der Waals surface area contributed by atoms with Crippen molar-refractivity contribution in [1.29, 1.82) is 0 Å². The maximum Gasteiger partial charge on any atom is 0.242 e. The number of nitrogens with one attached hydrogen (secondary N) is 1. The summed E-state index contributed by atoms with van der Waals surface area (Å²) in [6.45, 7) is 6.89. The third kappa shape index (κ3) is 9.07. The van der Waals surface area contributed by atoms with E-state index in [1.807, 2.05) is 57.2 Å². The van der Waals surface area contributed by atoms with Crippen molar-refractivity contribution in [2.24, 2.45) is 0 Å². The molecule has 0 aliphatic heterocycles. The van der Waals surface area contributed by atoms with Crippen LogP contribution in [0.2, 0.25) is 0 Å². The molecule has 1 N–H and O–H groups in total. The third-order valence-corrected chi connectivity index (χ3v) is 7.43. The maximum atomic E-state index is 13.5. The van der Waals surface area contributed by atoms with E-state index in [-0.39, 0.29) is 31.3 Å². The number of aryl methyl sites for hydroxylation is 1. The Morgan fingerprint density at radius 3 is 2.11 bits per heavy atom. The Hall–Kier alpha value is -3.07. The van der Waals surface area contributed by atoms with Gasteiger partial charge in [-0.1, -0.05) is 45.0 Å². The van der Waals surface area contributed by atoms with Gasteiger partial charge in [0.15, 0.2) is 0 Å². The summed E-state index contributed by atoms with van der Waals surface area (Å²) in [5.74, 6) is 0.339. The molecule has 204 valence electrons. The van der Waals surface area contributed by atoms with Crippen molar-refractivity contribution in [3.05, 3.63) is 59.7 Å². The van der Waals surface area contributed by atoms with Gasteiger partial charge in [-0.05, 0) is 61.1 Å². The lowest BCUT2D eigenvalue weighted by atomic mass is 10.1. The summed E-state index contributed by atoms with van der Waals surface area (Å²) < 4.78 is 31.6. The van der Waals surface area contributed by atoms with Gasteiger partial charge in [-0.2, -0.15) is 0 Å². The highest BCUT2D eigenvalue weighted by Gasteiger charge is 2.28. The van der Waals surface area contributed by atoms with Gasteiger partial charge in [0, 0.05) is 26.1 Å². The summed E-state index contributed by atoms with van der Waals surface area (Å²) in [5, 5.41) is 2.91. The van der Waals surface area contributed by atoms with Gasteiger partial charge in [-0.25, -0.2) is 8.42 Å². The van der Waals surface area contributed by atoms with Crippen LogP contribution in [0, 0.1) is 0 Å². The molecule has 0 aliphatic carbocycles. The number of ether oxygens (including phenoxy) is 1. The molecule has 0 aliphatic rings. The van der Waals surface area contributed by atoms with Crippen LogP contribution >= 0.6 is 0 Å². The number of sulfonamides is 1. The number of anilines is 1. The molecule has 1 unspecified atom stereocenters. The third-order valence-electron chi connectivity index (χ3n) is 6.23. The molecule has 0 fully saturated rings. The molecule has 0 aromatic heterocycles. The minimum absolute atomic E-state index is 0.118. The fourth-order valence-corrected chi connectivity index (χ4v) is 5.08. The number of hydrogen-bond acceptors (Lipinski definition) is 5. The van der Waals surface area contributed by atoms with Crippen LogP contribution in [-0.4, -0.2) is 57.6 Å². The summed E-state index contributed by atoms with van der Waals surface area (Å²) in [7, 11) is -1.93. The fraction of sp³-hybridized carbons (Fsp3) is 0.500. The largest absolute Gasteiger partial charge is 0.497 e. The van der Waals surface area contributed by atoms with Crippen molar-refractivity contribution >= 4 is 27.5 Å². The molecule has 2 aromatic carbocycles. The number of amides is 2. The van der Waals surface area contributed by atoms with E-state index in [0.29, 0.717) is 30.8 Å². The molecule has 2 rings (SSSR count). The Morgan fingerprint density at radius 1 is 0.973 bits per heavy atom. The lowest BCUT2D eigenvalue weighted by molar-refractivity contribution is -0.141. The molecule has 0 spiro atoms. The minimum atomic E-state index is -3.52. The molecule has 2 amide bonds. The van der Waals surface area contributed by atoms with Gasteiger partial charge in [0.1, 0.15) is 11.8 Å². The molecule has 2 aromatic rings. The minimum Gasteiger partial charge on any atom is -0.497 e. The molecule has 0 radical (unpaired) electrons. The Morgan fingerprint density at radius 2 is 1.59 bits per heavy atom. The van der Waals surface area contributed by atoms with Crippen molar-refractivity contribution in [2.45, 2.75) is 65.5 Å². The molecule has 8 nitrogen and oxygen atoms in total. The van der Waals surface area contributed by atoms with E-state index < -0.39 is 16.1 Å². The first-order valence-electron chi connectivity index (χ1n) is 12.9. The number of methoxy groups -OCH3 is 1. The number of benzene rings is 2. The average molecular weight is 532 g/mol. The zero-order valence-electron chi connectivity index (χ0n) is 22.7. The Kier molecular flexibility index (Phi) is 11.9. The summed E-state index contributed by atoms with van der Waals surface area (Å²) in [6.07, 6.45) is 3.75. The molecule has 1 atom stereocenters. The number of nitrogens with zero attached hydrogens (tertiary/aromatic N) is 2. The normalized spacial score (nSPS) is 12.0. The SMILES string of the molecule is CCCNC(=O)C(CC)N(Cc1ccc(OC)cc1)C(=O)CCCN(c1ccc(CC)cc1)S(C)(=O)=O. The number of carbonyl (C=O) groups is 2. The van der Waals surface area contributed by atoms with Crippen LogP contribution in [0.1, 0.15) is 57.6 Å². The average Bonchev–Trinajstić information content (AvgIpc) is 2.89. The molecule has 0 saturated heterocycles. The Labute approximate surface area is 222 Å². The highest BCUT2D eigenvalue weighted by atomic mass is 32.2. The van der Waals surface area contributed by atoms with Gasteiger partial charge >= 0.3 is 0 Å². The molecular formula is C28H41N3O5S. The maximum absolute atomic E-state index is 13.5. The first kappa shape index (κ1) is 30.2. The lowest BCUT2D eigenvalue weighted by Crippen LogP contribution is -2.49. The van der Waals surface area contributed by atoms with Crippen molar-refractivity contribution in [3.63, 3.8) is 0 Å². The van der Waals surface area contributed by atoms with Crippen LogP contribution in [0.25, 0.3) is 0 Å². The van der Waals surface area contributed by atoms with Crippen LogP contribution < -0.4 is 14.4 Å². The Bertz CT molecular complexity index is 1100. The highest BCUT2D eigenvalue weighted by Crippen LogP contribution is 2.21. The predicted octanol–water partition coefficient (Wildman–Crippen LogP) is 4.14. The number of carbonyl (C=O) groups excluding carboxylic acids is 2. The molecule has 0 saturated carbocycles. The van der Waals surface area contributed by atoms with E-state index in [9.17, 15) is 18.0 Å². The smallest absolute Gasteiger partial charge is 0.242 e. The molecular weight excluding hydrogens is 490 g/mol. The van der Waals surface area contributed by atoms with Crippen molar-refractivity contribution < 1.29 is 22.7 Å². The van der Waals surface area contributed by atoms with Gasteiger partial charge in [-0.3, -0.25) is 13.9 Å². The van der Waals surface area contributed by atoms with Crippen LogP contribution in [0.3, 0.4) is 0 Å². The molecule has 37 heavy (non-hydrogen) atoms. The summed E-state index contributed by atoms with van der Waals surface area (Å²) >= 11 is 0. The zero-order valence-corrected chi connectivity index (χ0v) is 23.5. The van der Waals surface area contributed by atoms with Crippen LogP contribution in [0.5, 0.6) is 5.75 Å². The van der Waals surface area contributed by atoms with Crippen molar-refractivity contribution in [3.8, 4) is 5.75 Å². The van der Waals surface area contributed by atoms with Gasteiger partial charge in [0.25, 0.3) is 0 Å². The second-order valence-electron chi connectivity index (χ2n) is 9.04. The summed E-state index contributed by atoms with van der Waals surface area (Å²) in [5.41, 5.74) is 2.57. The zero-order chi connectivity index (χ0) is 27.4. The van der Waals surface area contributed by atoms with Gasteiger partial charge in [0.2, 0.25) is 21.8 Å². The van der Waals surface area contributed by atoms with Crippen molar-refractivity contribution in [1.82, 2.24) is 10.2 Å². The number of rotatable bonds is 15. The first-order valence-corrected chi connectivity index (χ1v) is 14.8. The molecule has 9 heteroatoms. The van der Waals surface area contributed by atoms with Gasteiger partial charge < -0.3 is 15.0 Å². The van der Waals surface area contributed by atoms with E-state index >= 15 is 0 Å². The molecule has 0 heterocycles. The van der Waals surface area contributed by atoms with Crippen molar-refractivity contribution in [2.75, 3.05) is 30.8 Å². The second-order valence-corrected chi connectivity index (χ2v) is 11.0. The van der Waals surface area contributed by atoms with Gasteiger partial charge in [0.05, 0.1) is 19.1 Å². The van der Waals surface area contributed by atoms with E-state index in [1.165, 1.54) is 10.6 Å². The molecule has 0 bridgehead atoms. The topological polar surface area (TPSA) is 96.0 Å². The van der Waals surface area contributed by atoms with Crippen LogP contribution in [0.15, 0.2) is 48.5 Å². The highest BCUT2D eigenvalue weighted by molar-refractivity contribution is 7.92. The predicted molar refractivity (Wildman–Crippen MR) is 148 cm³/mol. The quantitative estimate of drug-likeness (QED) is 0.373. The number of hydrogen-bond donors (Lipinski definition) is 1. The van der Waals surface area contributed by atoms with Crippen LogP contribution in [-0.2, 0) is 32.6 Å². The second kappa shape index (κ2) is 14.6. The first-order chi connectivity index (χ1) is 17.6. The van der Waals surface area contributed by atoms with E-state index in [4.69, 9.17) is 4.74 Å². The van der Waals surface area contributed by atoms with E-state index in [2.05, 4.69) is 5.32 Å². The van der Waals surface area contributed by atoms with Gasteiger partial charge in [-0.15, -0.1) is 0 Å². The fourth-order valence-electron chi connectivity index (χ4n) is 4.11. The lowest BCUT2D eigenvalue weighted by Gasteiger charge is -2.31. The Balaban J connectivity index is 2.19. The summed E-state index contributed by atoms with van der Waals surface area (Å²) in [6, 6.07) is 14.2.